The SMILES string of the molecule is CCNc1nc2cc(OC)ccc2cc1CN(C)Cc1ccccc1. The Morgan fingerprint density at radius 3 is 2.56 bits per heavy atom. The van der Waals surface area contributed by atoms with Gasteiger partial charge in [-0.05, 0) is 37.7 Å². The number of hydrogen-bond acceptors (Lipinski definition) is 4. The third-order valence-corrected chi connectivity index (χ3v) is 4.18. The molecule has 0 bridgehead atoms. The minimum Gasteiger partial charge on any atom is -0.497 e. The van der Waals surface area contributed by atoms with Gasteiger partial charge in [0, 0.05) is 36.7 Å². The van der Waals surface area contributed by atoms with E-state index >= 15 is 0 Å². The molecule has 0 saturated carbocycles. The van der Waals surface area contributed by atoms with Crippen LogP contribution in [0.5, 0.6) is 5.75 Å². The van der Waals surface area contributed by atoms with Crippen LogP contribution in [0.15, 0.2) is 54.6 Å². The minimum absolute atomic E-state index is 0.830. The van der Waals surface area contributed by atoms with Crippen molar-refractivity contribution in [3.63, 3.8) is 0 Å². The predicted molar refractivity (Wildman–Crippen MR) is 104 cm³/mol. The number of methoxy groups -OCH3 is 1. The van der Waals surface area contributed by atoms with Gasteiger partial charge in [-0.15, -0.1) is 0 Å². The maximum Gasteiger partial charge on any atom is 0.131 e. The monoisotopic (exact) mass is 335 g/mol. The quantitative estimate of drug-likeness (QED) is 0.698. The zero-order valence-corrected chi connectivity index (χ0v) is 15.1. The first-order valence-electron chi connectivity index (χ1n) is 8.63. The third kappa shape index (κ3) is 4.28. The van der Waals surface area contributed by atoms with Gasteiger partial charge in [0.25, 0.3) is 0 Å². The molecule has 0 aliphatic carbocycles. The summed E-state index contributed by atoms with van der Waals surface area (Å²) in [5.74, 6) is 1.78. The number of aromatic nitrogens is 1. The minimum atomic E-state index is 0.830. The van der Waals surface area contributed by atoms with E-state index in [1.165, 1.54) is 11.1 Å². The molecule has 0 saturated heterocycles. The van der Waals surface area contributed by atoms with Crippen molar-refractivity contribution in [1.82, 2.24) is 9.88 Å². The van der Waals surface area contributed by atoms with Crippen LogP contribution in [0, 0.1) is 0 Å². The average molecular weight is 335 g/mol. The summed E-state index contributed by atoms with van der Waals surface area (Å²) in [6.45, 7) is 4.69. The van der Waals surface area contributed by atoms with Crippen molar-refractivity contribution in [3.8, 4) is 5.75 Å². The van der Waals surface area contributed by atoms with Gasteiger partial charge >= 0.3 is 0 Å². The predicted octanol–water partition coefficient (Wildman–Crippen LogP) is 4.31. The van der Waals surface area contributed by atoms with Crippen LogP contribution in [0.25, 0.3) is 10.9 Å². The van der Waals surface area contributed by atoms with Crippen LogP contribution in [0.2, 0.25) is 0 Å². The summed E-state index contributed by atoms with van der Waals surface area (Å²) in [6.07, 6.45) is 0. The van der Waals surface area contributed by atoms with Gasteiger partial charge in [0.15, 0.2) is 0 Å². The maximum atomic E-state index is 5.31. The maximum absolute atomic E-state index is 5.31. The highest BCUT2D eigenvalue weighted by molar-refractivity contribution is 5.83. The van der Waals surface area contributed by atoms with Gasteiger partial charge in [-0.2, -0.15) is 0 Å². The zero-order chi connectivity index (χ0) is 17.6. The van der Waals surface area contributed by atoms with Crippen LogP contribution < -0.4 is 10.1 Å². The van der Waals surface area contributed by atoms with Gasteiger partial charge in [0.05, 0.1) is 12.6 Å². The van der Waals surface area contributed by atoms with Gasteiger partial charge in [-0.3, -0.25) is 4.90 Å². The molecule has 0 aliphatic heterocycles. The summed E-state index contributed by atoms with van der Waals surface area (Å²) >= 11 is 0. The van der Waals surface area contributed by atoms with Crippen molar-refractivity contribution >= 4 is 16.7 Å². The number of ether oxygens (including phenoxy) is 1. The van der Waals surface area contributed by atoms with E-state index in [0.717, 1.165) is 42.1 Å². The van der Waals surface area contributed by atoms with Gasteiger partial charge in [-0.25, -0.2) is 4.98 Å². The molecule has 3 rings (SSSR count). The number of benzene rings is 2. The first kappa shape index (κ1) is 17.2. The lowest BCUT2D eigenvalue weighted by molar-refractivity contribution is 0.319. The Balaban J connectivity index is 1.86. The van der Waals surface area contributed by atoms with E-state index in [9.17, 15) is 0 Å². The summed E-state index contributed by atoms with van der Waals surface area (Å²) in [5.41, 5.74) is 3.47. The number of rotatable bonds is 7. The lowest BCUT2D eigenvalue weighted by Gasteiger charge is -2.19. The van der Waals surface area contributed by atoms with E-state index in [-0.39, 0.29) is 0 Å². The number of fused-ring (bicyclic) bond motifs is 1. The van der Waals surface area contributed by atoms with Gasteiger partial charge in [0.2, 0.25) is 0 Å². The van der Waals surface area contributed by atoms with E-state index in [1.54, 1.807) is 7.11 Å². The second kappa shape index (κ2) is 7.99. The molecule has 3 aromatic rings. The topological polar surface area (TPSA) is 37.4 Å². The summed E-state index contributed by atoms with van der Waals surface area (Å²) < 4.78 is 5.31. The van der Waals surface area contributed by atoms with Crippen molar-refractivity contribution in [1.29, 1.82) is 0 Å². The van der Waals surface area contributed by atoms with Crippen LogP contribution in [-0.4, -0.2) is 30.6 Å². The molecule has 0 spiro atoms. The molecule has 0 radical (unpaired) electrons. The lowest BCUT2D eigenvalue weighted by Crippen LogP contribution is -2.18. The summed E-state index contributed by atoms with van der Waals surface area (Å²) in [4.78, 5) is 7.12. The molecule has 4 nitrogen and oxygen atoms in total. The fourth-order valence-corrected chi connectivity index (χ4v) is 3.00. The van der Waals surface area contributed by atoms with Crippen LogP contribution in [0.3, 0.4) is 0 Å². The number of hydrogen-bond donors (Lipinski definition) is 1. The van der Waals surface area contributed by atoms with Crippen molar-refractivity contribution < 1.29 is 4.74 Å². The van der Waals surface area contributed by atoms with Crippen molar-refractivity contribution in [2.75, 3.05) is 26.0 Å². The molecule has 0 unspecified atom stereocenters. The van der Waals surface area contributed by atoms with Crippen molar-refractivity contribution in [2.24, 2.45) is 0 Å². The number of anilines is 1. The molecule has 0 atom stereocenters. The molecule has 1 aromatic heterocycles. The number of nitrogens with one attached hydrogen (secondary N) is 1. The Bertz CT molecular complexity index is 833. The lowest BCUT2D eigenvalue weighted by atomic mass is 10.1. The first-order valence-corrected chi connectivity index (χ1v) is 8.63. The molecule has 0 fully saturated rings. The van der Waals surface area contributed by atoms with E-state index in [4.69, 9.17) is 9.72 Å². The normalized spacial score (nSPS) is 11.0. The molecule has 1 N–H and O–H groups in total. The van der Waals surface area contributed by atoms with Gasteiger partial charge < -0.3 is 10.1 Å². The molecule has 0 amide bonds. The Morgan fingerprint density at radius 1 is 1.04 bits per heavy atom. The molecule has 130 valence electrons. The van der Waals surface area contributed by atoms with Crippen LogP contribution in [-0.2, 0) is 13.1 Å². The molecule has 1 heterocycles. The molecular weight excluding hydrogens is 310 g/mol. The van der Waals surface area contributed by atoms with Crippen LogP contribution in [0.4, 0.5) is 5.82 Å². The molecular formula is C21H25N3O. The Labute approximate surface area is 149 Å². The standard InChI is InChI=1S/C21H25N3O/c1-4-22-21-18(15-24(2)14-16-8-6-5-7-9-16)12-17-10-11-19(25-3)13-20(17)23-21/h5-13H,4,14-15H2,1-3H3,(H,22,23). The number of nitrogens with zero attached hydrogens (tertiary/aromatic N) is 2. The highest BCUT2D eigenvalue weighted by Crippen LogP contribution is 2.25. The van der Waals surface area contributed by atoms with Gasteiger partial charge in [-0.1, -0.05) is 30.3 Å². The molecule has 25 heavy (non-hydrogen) atoms. The highest BCUT2D eigenvalue weighted by Gasteiger charge is 2.10. The second-order valence-electron chi connectivity index (χ2n) is 6.24. The number of pyridine rings is 1. The smallest absolute Gasteiger partial charge is 0.131 e. The summed E-state index contributed by atoms with van der Waals surface area (Å²) in [6, 6.07) is 18.8. The highest BCUT2D eigenvalue weighted by atomic mass is 16.5. The van der Waals surface area contributed by atoms with Gasteiger partial charge in [0.1, 0.15) is 11.6 Å². The van der Waals surface area contributed by atoms with E-state index in [0.29, 0.717) is 0 Å². The van der Waals surface area contributed by atoms with Crippen LogP contribution >= 0.6 is 0 Å². The Morgan fingerprint density at radius 2 is 1.84 bits per heavy atom. The second-order valence-corrected chi connectivity index (χ2v) is 6.24. The van der Waals surface area contributed by atoms with Crippen molar-refractivity contribution in [2.45, 2.75) is 20.0 Å². The molecule has 4 heteroatoms. The Hall–Kier alpha value is -2.59. The first-order chi connectivity index (χ1) is 12.2. The van der Waals surface area contributed by atoms with E-state index in [1.807, 2.05) is 18.2 Å². The third-order valence-electron chi connectivity index (χ3n) is 4.18. The molecule has 2 aromatic carbocycles. The fourth-order valence-electron chi connectivity index (χ4n) is 3.00. The van der Waals surface area contributed by atoms with E-state index < -0.39 is 0 Å². The average Bonchev–Trinajstić information content (AvgIpc) is 2.62. The zero-order valence-electron chi connectivity index (χ0n) is 15.1. The summed E-state index contributed by atoms with van der Waals surface area (Å²) in [7, 11) is 3.82. The van der Waals surface area contributed by atoms with Crippen LogP contribution in [0.1, 0.15) is 18.1 Å². The van der Waals surface area contributed by atoms with E-state index in [2.05, 4.69) is 60.6 Å². The Kier molecular flexibility index (Phi) is 5.51. The van der Waals surface area contributed by atoms with Crippen molar-refractivity contribution in [3.05, 3.63) is 65.7 Å². The fraction of sp³-hybridized carbons (Fsp3) is 0.286. The largest absolute Gasteiger partial charge is 0.497 e. The summed E-state index contributed by atoms with van der Waals surface area (Å²) in [5, 5.41) is 4.53. The molecule has 0 aliphatic rings.